The number of benzene rings is 1. The molecule has 2 fully saturated rings. The molecule has 7 heteroatoms. The third-order valence-electron chi connectivity index (χ3n) is 5.08. The van der Waals surface area contributed by atoms with Crippen LogP contribution in [0.2, 0.25) is 0 Å². The summed E-state index contributed by atoms with van der Waals surface area (Å²) < 4.78 is 20.1. The maximum atomic E-state index is 13.2. The molecule has 1 aromatic carbocycles. The van der Waals surface area contributed by atoms with Gasteiger partial charge in [-0.3, -0.25) is 9.58 Å². The van der Waals surface area contributed by atoms with E-state index in [1.54, 1.807) is 16.8 Å². The number of alkyl carbamates (subject to hydrolysis) is 1. The first-order valence-corrected chi connectivity index (χ1v) is 8.49. The van der Waals surface area contributed by atoms with Crippen molar-refractivity contribution in [3.63, 3.8) is 0 Å². The van der Waals surface area contributed by atoms with Gasteiger partial charge < -0.3 is 10.1 Å². The number of nitrogens with one attached hydrogen (secondary N) is 1. The quantitative estimate of drug-likeness (QED) is 0.928. The number of likely N-dealkylation sites (tertiary alicyclic amines) is 1. The molecular formula is C18H21FN4O2. The molecule has 0 aliphatic carbocycles. The number of amides is 1. The lowest BCUT2D eigenvalue weighted by molar-refractivity contribution is 0.124. The summed E-state index contributed by atoms with van der Waals surface area (Å²) in [6.07, 6.45) is 3.47. The number of ether oxygens (including phenoxy) is 1. The van der Waals surface area contributed by atoms with Crippen LogP contribution >= 0.6 is 0 Å². The Morgan fingerprint density at radius 3 is 2.64 bits per heavy atom. The van der Waals surface area contributed by atoms with Gasteiger partial charge in [0.05, 0.1) is 11.2 Å². The van der Waals surface area contributed by atoms with E-state index in [1.165, 1.54) is 12.1 Å². The molecule has 2 aliphatic rings. The molecule has 2 aliphatic heterocycles. The Balaban J connectivity index is 1.47. The van der Waals surface area contributed by atoms with Crippen LogP contribution in [-0.2, 0) is 18.3 Å². The van der Waals surface area contributed by atoms with Crippen molar-refractivity contribution in [3.05, 3.63) is 41.8 Å². The summed E-state index contributed by atoms with van der Waals surface area (Å²) in [5, 5.41) is 7.51. The first-order valence-electron chi connectivity index (χ1n) is 8.49. The highest BCUT2D eigenvalue weighted by atomic mass is 19.1. The second kappa shape index (κ2) is 6.15. The van der Waals surface area contributed by atoms with Gasteiger partial charge in [0.25, 0.3) is 0 Å². The molecule has 25 heavy (non-hydrogen) atoms. The van der Waals surface area contributed by atoms with Gasteiger partial charge in [-0.2, -0.15) is 5.10 Å². The van der Waals surface area contributed by atoms with Crippen LogP contribution in [0.5, 0.6) is 0 Å². The molecule has 6 nitrogen and oxygen atoms in total. The molecule has 3 heterocycles. The van der Waals surface area contributed by atoms with Crippen LogP contribution in [0.3, 0.4) is 0 Å². The van der Waals surface area contributed by atoms with Crippen LogP contribution in [-0.4, -0.2) is 46.0 Å². The predicted octanol–water partition coefficient (Wildman–Crippen LogP) is 2.30. The summed E-state index contributed by atoms with van der Waals surface area (Å²) in [5.74, 6) is -0.247. The minimum Gasteiger partial charge on any atom is -0.447 e. The van der Waals surface area contributed by atoms with E-state index in [1.807, 2.05) is 13.2 Å². The Hall–Kier alpha value is -2.41. The van der Waals surface area contributed by atoms with E-state index in [0.29, 0.717) is 6.61 Å². The molecule has 4 rings (SSSR count). The van der Waals surface area contributed by atoms with Crippen molar-refractivity contribution in [1.82, 2.24) is 20.0 Å². The van der Waals surface area contributed by atoms with Crippen molar-refractivity contribution >= 4 is 6.09 Å². The fourth-order valence-corrected chi connectivity index (χ4v) is 3.65. The monoisotopic (exact) mass is 344 g/mol. The van der Waals surface area contributed by atoms with Crippen molar-refractivity contribution in [3.8, 4) is 11.3 Å². The molecule has 1 spiro atoms. The summed E-state index contributed by atoms with van der Waals surface area (Å²) in [6, 6.07) is 6.44. The number of hydrogen-bond acceptors (Lipinski definition) is 4. The fourth-order valence-electron chi connectivity index (χ4n) is 3.65. The summed E-state index contributed by atoms with van der Waals surface area (Å²) in [6.45, 7) is 3.03. The first kappa shape index (κ1) is 16.1. The minimum atomic E-state index is -0.306. The maximum absolute atomic E-state index is 13.2. The van der Waals surface area contributed by atoms with Gasteiger partial charge in [-0.25, -0.2) is 9.18 Å². The number of nitrogens with zero attached hydrogens (tertiary/aromatic N) is 3. The topological polar surface area (TPSA) is 59.4 Å². The lowest BCUT2D eigenvalue weighted by Crippen LogP contribution is -2.52. The van der Waals surface area contributed by atoms with Crippen molar-refractivity contribution in [2.45, 2.75) is 24.9 Å². The van der Waals surface area contributed by atoms with Crippen LogP contribution < -0.4 is 5.32 Å². The average Bonchev–Trinajstić information content (AvgIpc) is 3.14. The number of rotatable bonds is 3. The number of halogens is 1. The normalized spacial score (nSPS) is 19.8. The van der Waals surface area contributed by atoms with E-state index in [4.69, 9.17) is 4.74 Å². The SMILES string of the molecule is Cn1cc(CN2CCC3(CC2)COC(=O)N3)c(-c2ccc(F)cc2)n1. The number of carbonyl (C=O) groups excluding carboxylic acids is 1. The van der Waals surface area contributed by atoms with Gasteiger partial charge in [0.15, 0.2) is 0 Å². The zero-order valence-corrected chi connectivity index (χ0v) is 14.2. The Morgan fingerprint density at radius 2 is 2.00 bits per heavy atom. The van der Waals surface area contributed by atoms with E-state index in [2.05, 4.69) is 15.3 Å². The molecule has 1 aromatic heterocycles. The minimum absolute atomic E-state index is 0.192. The molecule has 2 saturated heterocycles. The van der Waals surface area contributed by atoms with E-state index < -0.39 is 0 Å². The highest BCUT2D eigenvalue weighted by Crippen LogP contribution is 2.29. The number of aromatic nitrogens is 2. The zero-order valence-electron chi connectivity index (χ0n) is 14.2. The van der Waals surface area contributed by atoms with Crippen LogP contribution in [0, 0.1) is 5.82 Å². The lowest BCUT2D eigenvalue weighted by Gasteiger charge is -2.37. The van der Waals surface area contributed by atoms with Gasteiger partial charge in [-0.15, -0.1) is 0 Å². The molecule has 0 unspecified atom stereocenters. The van der Waals surface area contributed by atoms with Gasteiger partial charge >= 0.3 is 6.09 Å². The molecule has 0 radical (unpaired) electrons. The molecule has 1 N–H and O–H groups in total. The van der Waals surface area contributed by atoms with E-state index >= 15 is 0 Å². The summed E-state index contributed by atoms with van der Waals surface area (Å²) in [5.41, 5.74) is 2.74. The summed E-state index contributed by atoms with van der Waals surface area (Å²) >= 11 is 0. The van der Waals surface area contributed by atoms with Crippen LogP contribution in [0.15, 0.2) is 30.5 Å². The zero-order chi connectivity index (χ0) is 17.4. The second-order valence-corrected chi connectivity index (χ2v) is 6.94. The number of cyclic esters (lactones) is 1. The van der Waals surface area contributed by atoms with Crippen molar-refractivity contribution < 1.29 is 13.9 Å². The van der Waals surface area contributed by atoms with Crippen molar-refractivity contribution in [2.24, 2.45) is 7.05 Å². The fraction of sp³-hybridized carbons (Fsp3) is 0.444. The van der Waals surface area contributed by atoms with Gasteiger partial charge in [0, 0.05) is 44.0 Å². The molecule has 0 bridgehead atoms. The van der Waals surface area contributed by atoms with E-state index in [9.17, 15) is 9.18 Å². The standard InChI is InChI=1S/C18H21FN4O2/c1-22-10-14(16(21-22)13-2-4-15(19)5-3-13)11-23-8-6-18(7-9-23)12-25-17(24)20-18/h2-5,10H,6-9,11-12H2,1H3,(H,20,24). The molecule has 1 amide bonds. The van der Waals surface area contributed by atoms with Crippen molar-refractivity contribution in [1.29, 1.82) is 0 Å². The third kappa shape index (κ3) is 3.24. The van der Waals surface area contributed by atoms with Crippen LogP contribution in [0.1, 0.15) is 18.4 Å². The maximum Gasteiger partial charge on any atom is 0.407 e. The Morgan fingerprint density at radius 1 is 1.28 bits per heavy atom. The molecule has 2 aromatic rings. The second-order valence-electron chi connectivity index (χ2n) is 6.94. The smallest absolute Gasteiger partial charge is 0.407 e. The molecule has 132 valence electrons. The van der Waals surface area contributed by atoms with E-state index in [-0.39, 0.29) is 17.4 Å². The number of carbonyl (C=O) groups is 1. The number of aryl methyl sites for hydroxylation is 1. The highest BCUT2D eigenvalue weighted by Gasteiger charge is 2.42. The Labute approximate surface area is 145 Å². The largest absolute Gasteiger partial charge is 0.447 e. The predicted molar refractivity (Wildman–Crippen MR) is 90.3 cm³/mol. The number of piperidine rings is 1. The van der Waals surface area contributed by atoms with Crippen molar-refractivity contribution in [2.75, 3.05) is 19.7 Å². The molecular weight excluding hydrogens is 323 g/mol. The summed E-state index contributed by atoms with van der Waals surface area (Å²) in [4.78, 5) is 13.7. The highest BCUT2D eigenvalue weighted by molar-refractivity contribution is 5.70. The lowest BCUT2D eigenvalue weighted by atomic mass is 9.89. The van der Waals surface area contributed by atoms with Crippen LogP contribution in [0.25, 0.3) is 11.3 Å². The third-order valence-corrected chi connectivity index (χ3v) is 5.08. The van der Waals surface area contributed by atoms with E-state index in [0.717, 1.165) is 49.3 Å². The van der Waals surface area contributed by atoms with Gasteiger partial charge in [-0.05, 0) is 37.1 Å². The van der Waals surface area contributed by atoms with Crippen LogP contribution in [0.4, 0.5) is 9.18 Å². The first-order chi connectivity index (χ1) is 12.0. The van der Waals surface area contributed by atoms with Gasteiger partial charge in [-0.1, -0.05) is 0 Å². The Bertz CT molecular complexity index is 779. The summed E-state index contributed by atoms with van der Waals surface area (Å²) in [7, 11) is 1.90. The van der Waals surface area contributed by atoms with Gasteiger partial charge in [0.2, 0.25) is 0 Å². The molecule has 0 saturated carbocycles. The molecule has 0 atom stereocenters. The van der Waals surface area contributed by atoms with Gasteiger partial charge in [0.1, 0.15) is 12.4 Å². The average molecular weight is 344 g/mol. The number of hydrogen-bond donors (Lipinski definition) is 1. The Kier molecular flexibility index (Phi) is 3.95.